The van der Waals surface area contributed by atoms with Crippen molar-refractivity contribution in [3.05, 3.63) is 61.1 Å². The number of hydrogen-bond acceptors (Lipinski definition) is 6. The van der Waals surface area contributed by atoms with Gasteiger partial charge in [0.15, 0.2) is 0 Å². The fourth-order valence-electron chi connectivity index (χ4n) is 1.86. The molecule has 23 heavy (non-hydrogen) atoms. The van der Waals surface area contributed by atoms with Gasteiger partial charge >= 0.3 is 0 Å². The third kappa shape index (κ3) is 4.31. The van der Waals surface area contributed by atoms with E-state index in [0.29, 0.717) is 17.4 Å². The molecule has 3 aromatic rings. The first-order chi connectivity index (χ1) is 11.3. The zero-order valence-corrected chi connectivity index (χ0v) is 12.1. The summed E-state index contributed by atoms with van der Waals surface area (Å²) in [5.41, 5.74) is 0.768. The van der Waals surface area contributed by atoms with Gasteiger partial charge in [0.25, 0.3) is 0 Å². The van der Waals surface area contributed by atoms with Crippen LogP contribution in [0.3, 0.4) is 0 Å². The average molecular weight is 310 g/mol. The molecule has 0 aliphatic rings. The maximum absolute atomic E-state index is 11.8. The second-order valence-corrected chi connectivity index (χ2v) is 4.59. The molecule has 1 amide bonds. The van der Waals surface area contributed by atoms with Crippen LogP contribution in [0.4, 0.5) is 11.6 Å². The number of carbonyl (C=O) groups is 1. The van der Waals surface area contributed by atoms with Crippen molar-refractivity contribution >= 4 is 17.5 Å². The Morgan fingerprint density at radius 3 is 2.74 bits per heavy atom. The largest absolute Gasteiger partial charge is 0.457 e. The van der Waals surface area contributed by atoms with Crippen LogP contribution in [-0.2, 0) is 4.79 Å². The van der Waals surface area contributed by atoms with Gasteiger partial charge in [-0.1, -0.05) is 11.2 Å². The van der Waals surface area contributed by atoms with Gasteiger partial charge < -0.3 is 14.6 Å². The highest BCUT2D eigenvalue weighted by molar-refractivity contribution is 5.92. The number of rotatable bonds is 6. The van der Waals surface area contributed by atoms with Gasteiger partial charge in [-0.15, -0.1) is 0 Å². The van der Waals surface area contributed by atoms with Crippen molar-refractivity contribution in [1.29, 1.82) is 0 Å². The minimum Gasteiger partial charge on any atom is -0.457 e. The zero-order chi connectivity index (χ0) is 15.9. The molecule has 7 nitrogen and oxygen atoms in total. The molecule has 0 atom stereocenters. The van der Waals surface area contributed by atoms with E-state index in [1.54, 1.807) is 30.6 Å². The number of hydrogen-bond donors (Lipinski definition) is 2. The lowest BCUT2D eigenvalue weighted by molar-refractivity contribution is -0.114. The van der Waals surface area contributed by atoms with E-state index in [1.807, 2.05) is 24.3 Å². The predicted molar refractivity (Wildman–Crippen MR) is 84.4 cm³/mol. The highest BCUT2D eigenvalue weighted by Crippen LogP contribution is 2.23. The van der Waals surface area contributed by atoms with Gasteiger partial charge in [0.05, 0.1) is 12.7 Å². The van der Waals surface area contributed by atoms with Gasteiger partial charge in [0.1, 0.15) is 11.5 Å². The van der Waals surface area contributed by atoms with Crippen LogP contribution >= 0.6 is 0 Å². The van der Waals surface area contributed by atoms with Crippen LogP contribution in [0.15, 0.2) is 65.6 Å². The molecule has 0 saturated carbocycles. The molecule has 2 N–H and O–H groups in total. The Bertz CT molecular complexity index is 760. The van der Waals surface area contributed by atoms with Crippen LogP contribution in [0.1, 0.15) is 0 Å². The maximum Gasteiger partial charge on any atom is 0.246 e. The molecule has 0 fully saturated rings. The van der Waals surface area contributed by atoms with E-state index in [0.717, 1.165) is 5.69 Å². The van der Waals surface area contributed by atoms with Crippen LogP contribution in [-0.4, -0.2) is 22.6 Å². The highest BCUT2D eigenvalue weighted by Gasteiger charge is 2.05. The number of carbonyl (C=O) groups excluding carboxylic acids is 1. The van der Waals surface area contributed by atoms with E-state index in [2.05, 4.69) is 20.8 Å². The molecular weight excluding hydrogens is 296 g/mol. The van der Waals surface area contributed by atoms with E-state index in [1.165, 1.54) is 6.20 Å². The van der Waals surface area contributed by atoms with E-state index in [-0.39, 0.29) is 12.5 Å². The molecule has 0 unspecified atom stereocenters. The number of anilines is 2. The number of amides is 1. The van der Waals surface area contributed by atoms with E-state index in [9.17, 15) is 4.79 Å². The second kappa shape index (κ2) is 7.08. The molecule has 0 aliphatic heterocycles. The number of pyridine rings is 1. The third-order valence-electron chi connectivity index (χ3n) is 2.87. The highest BCUT2D eigenvalue weighted by atomic mass is 16.5. The number of aromatic nitrogens is 2. The summed E-state index contributed by atoms with van der Waals surface area (Å²) in [6, 6.07) is 12.4. The Morgan fingerprint density at radius 1 is 1.09 bits per heavy atom. The van der Waals surface area contributed by atoms with E-state index < -0.39 is 0 Å². The fourth-order valence-corrected chi connectivity index (χ4v) is 1.86. The Kier molecular flexibility index (Phi) is 4.49. The van der Waals surface area contributed by atoms with Crippen molar-refractivity contribution in [2.45, 2.75) is 0 Å². The smallest absolute Gasteiger partial charge is 0.246 e. The predicted octanol–water partition coefficient (Wildman–Crippen LogP) is 2.91. The van der Waals surface area contributed by atoms with Crippen molar-refractivity contribution in [2.75, 3.05) is 17.2 Å². The zero-order valence-electron chi connectivity index (χ0n) is 12.1. The summed E-state index contributed by atoms with van der Waals surface area (Å²) in [5.74, 6) is 1.44. The summed E-state index contributed by atoms with van der Waals surface area (Å²) in [6.45, 7) is 0.0966. The standard InChI is InChI=1S/C16H14N4O3/c21-15(20-16-6-9-19-23-16)11-18-12-2-1-3-14(10-12)22-13-4-7-17-8-5-13/h1-10,18H,11H2,(H,20,21). The van der Waals surface area contributed by atoms with Crippen LogP contribution in [0.2, 0.25) is 0 Å². The summed E-state index contributed by atoms with van der Waals surface area (Å²) in [4.78, 5) is 15.7. The molecule has 1 aromatic carbocycles. The fraction of sp³-hybridized carbons (Fsp3) is 0.0625. The second-order valence-electron chi connectivity index (χ2n) is 4.59. The first-order valence-electron chi connectivity index (χ1n) is 6.92. The van der Waals surface area contributed by atoms with Crippen LogP contribution in [0.25, 0.3) is 0 Å². The number of nitrogens with zero attached hydrogens (tertiary/aromatic N) is 2. The van der Waals surface area contributed by atoms with Crippen molar-refractivity contribution in [3.8, 4) is 11.5 Å². The van der Waals surface area contributed by atoms with Gasteiger partial charge in [-0.05, 0) is 24.3 Å². The average Bonchev–Trinajstić information content (AvgIpc) is 3.07. The van der Waals surface area contributed by atoms with E-state index in [4.69, 9.17) is 9.26 Å². The summed E-state index contributed by atoms with van der Waals surface area (Å²) >= 11 is 0. The minimum absolute atomic E-state index is 0.0966. The molecule has 0 saturated heterocycles. The molecule has 7 heteroatoms. The minimum atomic E-state index is -0.234. The quantitative estimate of drug-likeness (QED) is 0.727. The molecule has 0 aliphatic carbocycles. The molecule has 3 rings (SSSR count). The monoisotopic (exact) mass is 310 g/mol. The van der Waals surface area contributed by atoms with Crippen LogP contribution < -0.4 is 15.4 Å². The molecule has 2 heterocycles. The van der Waals surface area contributed by atoms with Crippen molar-refractivity contribution in [3.63, 3.8) is 0 Å². The lowest BCUT2D eigenvalue weighted by Gasteiger charge is -2.09. The SMILES string of the molecule is O=C(CNc1cccc(Oc2ccncc2)c1)Nc1ccno1. The molecular formula is C16H14N4O3. The molecule has 116 valence electrons. The maximum atomic E-state index is 11.8. The van der Waals surface area contributed by atoms with Gasteiger partial charge in [-0.2, -0.15) is 0 Å². The number of benzene rings is 1. The number of nitrogens with one attached hydrogen (secondary N) is 2. The topological polar surface area (TPSA) is 89.3 Å². The van der Waals surface area contributed by atoms with Gasteiger partial charge in [0, 0.05) is 30.2 Å². The van der Waals surface area contributed by atoms with Gasteiger partial charge in [0.2, 0.25) is 11.8 Å². The first kappa shape index (κ1) is 14.6. The third-order valence-corrected chi connectivity index (χ3v) is 2.87. The summed E-state index contributed by atoms with van der Waals surface area (Å²) in [6.07, 6.45) is 4.78. The lowest BCUT2D eigenvalue weighted by atomic mass is 10.3. The molecule has 2 aromatic heterocycles. The van der Waals surface area contributed by atoms with Crippen molar-refractivity contribution < 1.29 is 14.1 Å². The Labute approximate surface area is 132 Å². The Hall–Kier alpha value is -3.35. The van der Waals surface area contributed by atoms with Gasteiger partial charge in [-0.3, -0.25) is 15.1 Å². The Balaban J connectivity index is 1.56. The molecule has 0 bridgehead atoms. The van der Waals surface area contributed by atoms with Gasteiger partial charge in [-0.25, -0.2) is 0 Å². The summed E-state index contributed by atoms with van der Waals surface area (Å²) in [7, 11) is 0. The molecule has 0 spiro atoms. The lowest BCUT2D eigenvalue weighted by Crippen LogP contribution is -2.21. The van der Waals surface area contributed by atoms with Crippen LogP contribution in [0, 0.1) is 0 Å². The Morgan fingerprint density at radius 2 is 1.96 bits per heavy atom. The van der Waals surface area contributed by atoms with Crippen molar-refractivity contribution in [2.24, 2.45) is 0 Å². The summed E-state index contributed by atoms with van der Waals surface area (Å²) < 4.78 is 10.5. The normalized spacial score (nSPS) is 10.1. The molecule has 0 radical (unpaired) electrons. The van der Waals surface area contributed by atoms with Crippen molar-refractivity contribution in [1.82, 2.24) is 10.1 Å². The van der Waals surface area contributed by atoms with E-state index >= 15 is 0 Å². The number of ether oxygens (including phenoxy) is 1. The summed E-state index contributed by atoms with van der Waals surface area (Å²) in [5, 5.41) is 9.11. The van der Waals surface area contributed by atoms with Crippen LogP contribution in [0.5, 0.6) is 11.5 Å². The first-order valence-corrected chi connectivity index (χ1v) is 6.92.